The topological polar surface area (TPSA) is 71.6 Å². The zero-order valence-electron chi connectivity index (χ0n) is 11.5. The minimum atomic E-state index is -0.112. The van der Waals surface area contributed by atoms with Gasteiger partial charge in [0.25, 0.3) is 0 Å². The van der Waals surface area contributed by atoms with Gasteiger partial charge >= 0.3 is 0 Å². The summed E-state index contributed by atoms with van der Waals surface area (Å²) in [7, 11) is 3.17. The summed E-state index contributed by atoms with van der Waals surface area (Å²) in [6.07, 6.45) is 0. The molecule has 0 heterocycles. The van der Waals surface area contributed by atoms with Crippen molar-refractivity contribution in [1.82, 2.24) is 0 Å². The van der Waals surface area contributed by atoms with Crippen LogP contribution in [0.2, 0.25) is 0 Å². The van der Waals surface area contributed by atoms with Crippen LogP contribution in [0.15, 0.2) is 48.5 Å². The quantitative estimate of drug-likeness (QED) is 0.662. The second-order valence-electron chi connectivity index (χ2n) is 4.06. The van der Waals surface area contributed by atoms with E-state index in [0.717, 1.165) is 0 Å². The summed E-state index contributed by atoms with van der Waals surface area (Å²) in [5, 5.41) is 7.86. The van der Waals surface area contributed by atoms with E-state index in [9.17, 15) is 0 Å². The molecule has 0 spiro atoms. The Morgan fingerprint density at radius 3 is 1.65 bits per heavy atom. The van der Waals surface area contributed by atoms with E-state index in [1.165, 1.54) is 0 Å². The number of benzene rings is 2. The molecule has 0 radical (unpaired) electrons. The summed E-state index contributed by atoms with van der Waals surface area (Å²) in [5.74, 6) is 1.15. The third-order valence-electron chi connectivity index (χ3n) is 2.89. The Labute approximate surface area is 118 Å². The first-order valence-electron chi connectivity index (χ1n) is 6.09. The summed E-state index contributed by atoms with van der Waals surface area (Å²) in [4.78, 5) is 1.58. The van der Waals surface area contributed by atoms with Gasteiger partial charge in [-0.2, -0.15) is 0 Å². The van der Waals surface area contributed by atoms with Gasteiger partial charge in [0, 0.05) is 0 Å². The molecule has 0 aliphatic carbocycles. The Hall–Kier alpha value is -2.69. The minimum absolute atomic E-state index is 0.112. The number of guanidine groups is 1. The predicted octanol–water partition coefficient (Wildman–Crippen LogP) is 2.74. The molecule has 2 aromatic rings. The molecule has 0 saturated heterocycles. The highest BCUT2D eigenvalue weighted by molar-refractivity contribution is 6.02. The maximum atomic E-state index is 7.86. The molecule has 5 heteroatoms. The number of nitrogens with two attached hydrogens (primary N) is 1. The van der Waals surface area contributed by atoms with Gasteiger partial charge in [-0.1, -0.05) is 24.3 Å². The highest BCUT2D eigenvalue weighted by atomic mass is 16.5. The normalized spacial score (nSPS) is 9.90. The largest absolute Gasteiger partial charge is 0.495 e. The summed E-state index contributed by atoms with van der Waals surface area (Å²) < 4.78 is 10.7. The first-order valence-corrected chi connectivity index (χ1v) is 6.09. The van der Waals surface area contributed by atoms with E-state index in [1.54, 1.807) is 19.1 Å². The van der Waals surface area contributed by atoms with Gasteiger partial charge in [0.15, 0.2) is 5.96 Å². The van der Waals surface area contributed by atoms with Gasteiger partial charge in [0.05, 0.1) is 25.6 Å². The average Bonchev–Trinajstić information content (AvgIpc) is 2.48. The van der Waals surface area contributed by atoms with Crippen molar-refractivity contribution in [2.24, 2.45) is 5.73 Å². The van der Waals surface area contributed by atoms with E-state index in [0.29, 0.717) is 22.9 Å². The van der Waals surface area contributed by atoms with E-state index >= 15 is 0 Å². The molecule has 104 valence electrons. The van der Waals surface area contributed by atoms with Gasteiger partial charge in [-0.25, -0.2) is 0 Å². The van der Waals surface area contributed by atoms with Gasteiger partial charge in [-0.05, 0) is 24.3 Å². The number of para-hydroxylation sites is 4. The Bertz CT molecular complexity index is 566. The summed E-state index contributed by atoms with van der Waals surface area (Å²) >= 11 is 0. The van der Waals surface area contributed by atoms with E-state index in [4.69, 9.17) is 20.6 Å². The zero-order valence-corrected chi connectivity index (χ0v) is 11.5. The molecule has 2 aromatic carbocycles. The van der Waals surface area contributed by atoms with Crippen LogP contribution in [-0.2, 0) is 0 Å². The number of rotatable bonds is 4. The molecule has 0 saturated carbocycles. The number of hydrogen-bond acceptors (Lipinski definition) is 3. The summed E-state index contributed by atoms with van der Waals surface area (Å²) in [6, 6.07) is 14.8. The van der Waals surface area contributed by atoms with E-state index in [-0.39, 0.29) is 5.96 Å². The minimum Gasteiger partial charge on any atom is -0.495 e. The maximum Gasteiger partial charge on any atom is 0.197 e. The lowest BCUT2D eigenvalue weighted by Crippen LogP contribution is -2.32. The van der Waals surface area contributed by atoms with Crippen LogP contribution < -0.4 is 20.1 Å². The molecule has 0 amide bonds. The van der Waals surface area contributed by atoms with Crippen molar-refractivity contribution in [2.45, 2.75) is 0 Å². The van der Waals surface area contributed by atoms with Crippen molar-refractivity contribution >= 4 is 17.3 Å². The number of methoxy groups -OCH3 is 2. The molecule has 0 bridgehead atoms. The van der Waals surface area contributed by atoms with Gasteiger partial charge in [-0.15, -0.1) is 0 Å². The molecule has 0 aliphatic rings. The molecule has 0 unspecified atom stereocenters. The monoisotopic (exact) mass is 271 g/mol. The zero-order chi connectivity index (χ0) is 14.5. The van der Waals surface area contributed by atoms with Crippen molar-refractivity contribution in [3.8, 4) is 11.5 Å². The number of hydrogen-bond donors (Lipinski definition) is 2. The van der Waals surface area contributed by atoms with Crippen LogP contribution >= 0.6 is 0 Å². The smallest absolute Gasteiger partial charge is 0.197 e. The lowest BCUT2D eigenvalue weighted by Gasteiger charge is -2.26. The van der Waals surface area contributed by atoms with Crippen molar-refractivity contribution in [3.05, 3.63) is 48.5 Å². The van der Waals surface area contributed by atoms with Crippen molar-refractivity contribution < 1.29 is 9.47 Å². The molecule has 20 heavy (non-hydrogen) atoms. The molecular weight excluding hydrogens is 254 g/mol. The predicted molar refractivity (Wildman–Crippen MR) is 80.0 cm³/mol. The highest BCUT2D eigenvalue weighted by Gasteiger charge is 2.19. The molecular formula is C15H17N3O2. The molecule has 0 fully saturated rings. The van der Waals surface area contributed by atoms with E-state index in [1.807, 2.05) is 48.5 Å². The van der Waals surface area contributed by atoms with Gasteiger partial charge in [0.1, 0.15) is 11.5 Å². The van der Waals surface area contributed by atoms with Gasteiger partial charge in [-0.3, -0.25) is 10.3 Å². The fraction of sp³-hybridized carbons (Fsp3) is 0.133. The average molecular weight is 271 g/mol. The van der Waals surface area contributed by atoms with Gasteiger partial charge in [0.2, 0.25) is 0 Å². The Kier molecular flexibility index (Phi) is 4.10. The maximum absolute atomic E-state index is 7.86. The Morgan fingerprint density at radius 1 is 0.900 bits per heavy atom. The summed E-state index contributed by atoms with van der Waals surface area (Å²) in [5.41, 5.74) is 7.12. The Balaban J connectivity index is 2.60. The van der Waals surface area contributed by atoms with Crippen LogP contribution in [-0.4, -0.2) is 20.2 Å². The first-order chi connectivity index (χ1) is 9.69. The molecule has 3 N–H and O–H groups in total. The molecule has 5 nitrogen and oxygen atoms in total. The molecule has 0 aliphatic heterocycles. The second-order valence-corrected chi connectivity index (χ2v) is 4.06. The van der Waals surface area contributed by atoms with Gasteiger partial charge < -0.3 is 15.2 Å². The van der Waals surface area contributed by atoms with E-state index in [2.05, 4.69) is 0 Å². The van der Waals surface area contributed by atoms with Crippen LogP contribution in [0.25, 0.3) is 0 Å². The second kappa shape index (κ2) is 5.97. The number of ether oxygens (including phenoxy) is 2. The van der Waals surface area contributed by atoms with Crippen molar-refractivity contribution in [1.29, 1.82) is 5.41 Å². The SMILES string of the molecule is COc1ccccc1N(C(=N)N)c1ccccc1OC. The van der Waals surface area contributed by atoms with Crippen LogP contribution in [0.3, 0.4) is 0 Å². The summed E-state index contributed by atoms with van der Waals surface area (Å²) in [6.45, 7) is 0. The van der Waals surface area contributed by atoms with E-state index < -0.39 is 0 Å². The number of nitrogens with one attached hydrogen (secondary N) is 1. The third-order valence-corrected chi connectivity index (χ3v) is 2.89. The van der Waals surface area contributed by atoms with Crippen LogP contribution in [0.4, 0.5) is 11.4 Å². The fourth-order valence-corrected chi connectivity index (χ4v) is 2.02. The number of nitrogens with zero attached hydrogens (tertiary/aromatic N) is 1. The lowest BCUT2D eigenvalue weighted by molar-refractivity contribution is 0.413. The number of anilines is 2. The third kappa shape index (κ3) is 2.51. The van der Waals surface area contributed by atoms with Crippen LogP contribution in [0.1, 0.15) is 0 Å². The lowest BCUT2D eigenvalue weighted by atomic mass is 10.2. The first kappa shape index (κ1) is 13.7. The van der Waals surface area contributed by atoms with Crippen LogP contribution in [0.5, 0.6) is 11.5 Å². The van der Waals surface area contributed by atoms with Crippen molar-refractivity contribution in [3.63, 3.8) is 0 Å². The molecule has 0 aromatic heterocycles. The standard InChI is InChI=1S/C15H17N3O2/c1-19-13-9-5-3-7-11(13)18(15(16)17)12-8-4-6-10-14(12)20-2/h3-10H,1-2H3,(H3,16,17). The Morgan fingerprint density at radius 2 is 1.30 bits per heavy atom. The fourth-order valence-electron chi connectivity index (χ4n) is 2.02. The molecule has 2 rings (SSSR count). The van der Waals surface area contributed by atoms with Crippen molar-refractivity contribution in [2.75, 3.05) is 19.1 Å². The molecule has 0 atom stereocenters. The highest BCUT2D eigenvalue weighted by Crippen LogP contribution is 2.37. The van der Waals surface area contributed by atoms with Crippen LogP contribution in [0, 0.1) is 5.41 Å².